The van der Waals surface area contributed by atoms with E-state index in [9.17, 15) is 9.59 Å². The van der Waals surface area contributed by atoms with Gasteiger partial charge >= 0.3 is 5.97 Å². The highest BCUT2D eigenvalue weighted by Gasteiger charge is 2.33. The number of benzene rings is 1. The summed E-state index contributed by atoms with van der Waals surface area (Å²) in [6.07, 6.45) is 5.36. The lowest BCUT2D eigenvalue weighted by atomic mass is 9.84. The Morgan fingerprint density at radius 3 is 2.85 bits per heavy atom. The van der Waals surface area contributed by atoms with Crippen LogP contribution in [-0.4, -0.2) is 29.0 Å². The van der Waals surface area contributed by atoms with Crippen molar-refractivity contribution in [2.24, 2.45) is 5.92 Å². The van der Waals surface area contributed by atoms with Gasteiger partial charge in [-0.05, 0) is 19.1 Å². The summed E-state index contributed by atoms with van der Waals surface area (Å²) in [6.45, 7) is 1.79. The van der Waals surface area contributed by atoms with E-state index in [-0.39, 0.29) is 5.91 Å². The zero-order chi connectivity index (χ0) is 19.0. The van der Waals surface area contributed by atoms with Crippen LogP contribution in [0.4, 0.5) is 0 Å². The molecule has 0 aliphatic carbocycles. The Morgan fingerprint density at radius 1 is 1.26 bits per heavy atom. The van der Waals surface area contributed by atoms with Gasteiger partial charge in [-0.25, -0.2) is 4.79 Å². The molecule has 1 aliphatic rings. The minimum Gasteiger partial charge on any atom is -0.466 e. The molecule has 4 rings (SSSR count). The number of esters is 1. The summed E-state index contributed by atoms with van der Waals surface area (Å²) >= 11 is 0. The molecule has 0 radical (unpaired) electrons. The van der Waals surface area contributed by atoms with Crippen molar-refractivity contribution in [1.82, 2.24) is 15.3 Å². The van der Waals surface area contributed by atoms with E-state index in [1.54, 1.807) is 19.2 Å². The van der Waals surface area contributed by atoms with Gasteiger partial charge in [-0.1, -0.05) is 24.3 Å². The summed E-state index contributed by atoms with van der Waals surface area (Å²) in [5, 5.41) is 4.81. The van der Waals surface area contributed by atoms with Crippen LogP contribution in [0.5, 0.6) is 0 Å². The van der Waals surface area contributed by atoms with Crippen molar-refractivity contribution in [3.63, 3.8) is 0 Å². The zero-order valence-electron chi connectivity index (χ0n) is 15.1. The summed E-state index contributed by atoms with van der Waals surface area (Å²) in [6, 6.07) is 10.0. The van der Waals surface area contributed by atoms with Gasteiger partial charge in [0.05, 0.1) is 23.9 Å². The number of rotatable bonds is 3. The molecule has 2 N–H and O–H groups in total. The smallest absolute Gasteiger partial charge is 0.335 e. The van der Waals surface area contributed by atoms with E-state index in [0.717, 1.165) is 27.5 Å². The molecule has 0 saturated carbocycles. The molecule has 1 amide bonds. The van der Waals surface area contributed by atoms with Crippen molar-refractivity contribution in [2.75, 3.05) is 7.11 Å². The van der Waals surface area contributed by atoms with Gasteiger partial charge in [0.15, 0.2) is 0 Å². The monoisotopic (exact) mass is 361 g/mol. The number of hydrogen-bond donors (Lipinski definition) is 2. The fourth-order valence-electron chi connectivity index (χ4n) is 3.70. The van der Waals surface area contributed by atoms with Crippen LogP contribution in [0, 0.1) is 5.92 Å². The second-order valence-electron chi connectivity index (χ2n) is 6.42. The van der Waals surface area contributed by atoms with Crippen molar-refractivity contribution in [1.29, 1.82) is 0 Å². The molecular weight excluding hydrogens is 342 g/mol. The van der Waals surface area contributed by atoms with Crippen molar-refractivity contribution < 1.29 is 14.3 Å². The van der Waals surface area contributed by atoms with Crippen LogP contribution in [0.2, 0.25) is 0 Å². The second-order valence-corrected chi connectivity index (χ2v) is 6.42. The topological polar surface area (TPSA) is 84.1 Å². The van der Waals surface area contributed by atoms with Gasteiger partial charge < -0.3 is 15.0 Å². The number of nitrogens with one attached hydrogen (secondary N) is 2. The quantitative estimate of drug-likeness (QED) is 0.555. The molecule has 0 bridgehead atoms. The van der Waals surface area contributed by atoms with Crippen LogP contribution in [0.25, 0.3) is 21.8 Å². The molecule has 6 nitrogen and oxygen atoms in total. The number of H-pyrrole nitrogens is 1. The Morgan fingerprint density at radius 2 is 2.07 bits per heavy atom. The number of ether oxygens (including phenoxy) is 1. The zero-order valence-corrected chi connectivity index (χ0v) is 15.1. The van der Waals surface area contributed by atoms with Gasteiger partial charge in [-0.2, -0.15) is 0 Å². The van der Waals surface area contributed by atoms with Crippen LogP contribution < -0.4 is 5.32 Å². The van der Waals surface area contributed by atoms with Crippen molar-refractivity contribution in [3.05, 3.63) is 65.6 Å². The van der Waals surface area contributed by atoms with E-state index < -0.39 is 11.9 Å². The molecule has 0 spiro atoms. The third-order valence-electron chi connectivity index (χ3n) is 5.01. The third kappa shape index (κ3) is 2.79. The Balaban J connectivity index is 1.83. The summed E-state index contributed by atoms with van der Waals surface area (Å²) in [7, 11) is 1.34. The van der Waals surface area contributed by atoms with E-state index in [0.29, 0.717) is 17.6 Å². The molecule has 2 aromatic heterocycles. The fourth-order valence-corrected chi connectivity index (χ4v) is 3.70. The maximum Gasteiger partial charge on any atom is 0.335 e. The number of carbonyl (C=O) groups excluding carboxylic acids is 2. The Labute approximate surface area is 155 Å². The summed E-state index contributed by atoms with van der Waals surface area (Å²) in [4.78, 5) is 32.5. The van der Waals surface area contributed by atoms with Gasteiger partial charge in [0.25, 0.3) is 5.91 Å². The molecule has 0 saturated heterocycles. The highest BCUT2D eigenvalue weighted by Crippen LogP contribution is 2.32. The summed E-state index contributed by atoms with van der Waals surface area (Å²) in [5.41, 5.74) is 3.70. The van der Waals surface area contributed by atoms with Gasteiger partial charge in [-0.15, -0.1) is 0 Å². The van der Waals surface area contributed by atoms with Crippen LogP contribution in [0.3, 0.4) is 0 Å². The van der Waals surface area contributed by atoms with E-state index in [1.807, 2.05) is 24.3 Å². The second kappa shape index (κ2) is 6.72. The average molecular weight is 361 g/mol. The maximum absolute atomic E-state index is 12.3. The molecule has 1 unspecified atom stereocenters. The average Bonchev–Trinajstić information content (AvgIpc) is 3.07. The van der Waals surface area contributed by atoms with Crippen LogP contribution in [0.1, 0.15) is 12.6 Å². The number of nitrogens with zero attached hydrogens (tertiary/aromatic N) is 1. The lowest BCUT2D eigenvalue weighted by Gasteiger charge is -2.25. The predicted octanol–water partition coefficient (Wildman–Crippen LogP) is 3.01. The normalized spacial score (nSPS) is 18.6. The lowest BCUT2D eigenvalue weighted by molar-refractivity contribution is -0.136. The van der Waals surface area contributed by atoms with E-state index in [2.05, 4.69) is 21.4 Å². The Bertz CT molecular complexity index is 1120. The Kier molecular flexibility index (Phi) is 4.24. The fraction of sp³-hybridized carbons (Fsp3) is 0.190. The van der Waals surface area contributed by atoms with Crippen molar-refractivity contribution in [2.45, 2.75) is 13.3 Å². The van der Waals surface area contributed by atoms with E-state index in [1.165, 1.54) is 13.3 Å². The number of aromatic amines is 1. The number of para-hydroxylation sites is 1. The van der Waals surface area contributed by atoms with Crippen LogP contribution >= 0.6 is 0 Å². The molecule has 3 aromatic rings. The first-order chi connectivity index (χ1) is 13.1. The molecule has 1 aliphatic heterocycles. The molecule has 27 heavy (non-hydrogen) atoms. The first-order valence-corrected chi connectivity index (χ1v) is 8.73. The third-order valence-corrected chi connectivity index (χ3v) is 5.01. The number of methoxy groups -OCH3 is 1. The number of pyridine rings is 1. The van der Waals surface area contributed by atoms with Gasteiger partial charge in [0.1, 0.15) is 0 Å². The first kappa shape index (κ1) is 17.0. The first-order valence-electron chi connectivity index (χ1n) is 8.73. The van der Waals surface area contributed by atoms with Gasteiger partial charge in [0.2, 0.25) is 0 Å². The predicted molar refractivity (Wildman–Crippen MR) is 103 cm³/mol. The maximum atomic E-state index is 12.3. The molecule has 3 heterocycles. The highest BCUT2D eigenvalue weighted by molar-refractivity contribution is 6.08. The van der Waals surface area contributed by atoms with Crippen molar-refractivity contribution in [3.8, 4) is 0 Å². The van der Waals surface area contributed by atoms with Crippen molar-refractivity contribution >= 4 is 33.7 Å². The number of hydrogen-bond acceptors (Lipinski definition) is 4. The largest absolute Gasteiger partial charge is 0.466 e. The molecular formula is C21H19N3O3. The molecule has 1 atom stereocenters. The number of allylic oxidation sites excluding steroid dienone is 1. The Hall–Kier alpha value is -3.41. The molecule has 0 fully saturated rings. The summed E-state index contributed by atoms with van der Waals surface area (Å²) in [5.74, 6) is -1.08. The lowest BCUT2D eigenvalue weighted by Crippen LogP contribution is -2.35. The number of amides is 1. The molecule has 136 valence electrons. The molecule has 6 heteroatoms. The number of carbonyl (C=O) groups is 2. The van der Waals surface area contributed by atoms with Gasteiger partial charge in [0, 0.05) is 46.6 Å². The SMILES string of the molecule is CC=C1C(=O)NC=C(C(=O)OC)C1Cc1nccc2c1[nH]c1ccccc12. The van der Waals surface area contributed by atoms with E-state index >= 15 is 0 Å². The van der Waals surface area contributed by atoms with E-state index in [4.69, 9.17) is 4.74 Å². The minimum atomic E-state index is -0.455. The van der Waals surface area contributed by atoms with Crippen LogP contribution in [-0.2, 0) is 20.7 Å². The summed E-state index contributed by atoms with van der Waals surface area (Å²) < 4.78 is 4.91. The standard InChI is InChI=1S/C21H19N3O3/c1-3-12-15(16(21(26)27-2)11-23-20(12)25)10-18-19-14(8-9-22-18)13-6-4-5-7-17(13)24-19/h3-9,11,15,24H,10H2,1-2H3,(H,23,25). The highest BCUT2D eigenvalue weighted by atomic mass is 16.5. The van der Waals surface area contributed by atoms with Crippen LogP contribution in [0.15, 0.2) is 60.0 Å². The number of fused-ring (bicyclic) bond motifs is 3. The molecule has 1 aromatic carbocycles. The number of aromatic nitrogens is 2. The van der Waals surface area contributed by atoms with Gasteiger partial charge in [-0.3, -0.25) is 9.78 Å². The minimum absolute atomic E-state index is 0.209.